The number of likely N-dealkylation sites (N-methyl/N-ethyl adjacent to an activating group) is 1. The molecule has 6 rings (SSSR count). The second kappa shape index (κ2) is 9.95. The number of anilines is 1. The number of amides is 2. The molecule has 4 aromatic rings. The van der Waals surface area contributed by atoms with Crippen LogP contribution in [0.25, 0.3) is 38.8 Å². The summed E-state index contributed by atoms with van der Waals surface area (Å²) in [4.78, 5) is 33.1. The number of aromatic nitrogens is 3. The number of nitrogens with zero attached hydrogens (tertiary/aromatic N) is 5. The van der Waals surface area contributed by atoms with E-state index in [1.165, 1.54) is 23.5 Å². The molecule has 7 nitrogen and oxygen atoms in total. The summed E-state index contributed by atoms with van der Waals surface area (Å²) in [5, 5.41) is 7.52. The van der Waals surface area contributed by atoms with Crippen molar-refractivity contribution in [1.82, 2.24) is 19.7 Å². The molecular weight excluding hydrogens is 532 g/mol. The molecule has 40 heavy (non-hydrogen) atoms. The number of hydrogen-bond acceptors (Lipinski definition) is 5. The fraction of sp³-hybridized carbons (Fsp3) is 0.200. The van der Waals surface area contributed by atoms with Gasteiger partial charge in [-0.25, -0.2) is 13.8 Å². The Balaban J connectivity index is 1.56. The van der Waals surface area contributed by atoms with Crippen LogP contribution in [0.2, 0.25) is 0 Å². The van der Waals surface area contributed by atoms with E-state index in [2.05, 4.69) is 6.58 Å². The lowest BCUT2D eigenvalue weighted by molar-refractivity contribution is -0.129. The van der Waals surface area contributed by atoms with Crippen LogP contribution in [-0.4, -0.2) is 44.6 Å². The summed E-state index contributed by atoms with van der Waals surface area (Å²) in [5.41, 5.74) is 5.52. The van der Waals surface area contributed by atoms with Gasteiger partial charge in [0.15, 0.2) is 0 Å². The van der Waals surface area contributed by atoms with Crippen molar-refractivity contribution in [2.24, 2.45) is 0 Å². The first-order chi connectivity index (χ1) is 19.3. The number of hydrogen-bond donors (Lipinski definition) is 0. The van der Waals surface area contributed by atoms with Gasteiger partial charge in [-0.2, -0.15) is 5.10 Å². The lowest BCUT2D eigenvalue weighted by atomic mass is 10.0. The predicted molar refractivity (Wildman–Crippen MR) is 153 cm³/mol. The van der Waals surface area contributed by atoms with Crippen molar-refractivity contribution in [3.05, 3.63) is 83.4 Å². The molecule has 0 saturated heterocycles. The molecule has 2 aliphatic heterocycles. The lowest BCUT2D eigenvalue weighted by Crippen LogP contribution is -2.44. The summed E-state index contributed by atoms with van der Waals surface area (Å²) in [7, 11) is 1.75. The molecule has 0 N–H and O–H groups in total. The molecule has 0 fully saturated rings. The SMILES string of the molecule is C=CC(=O)N1Cc2cc(-c3nc(-c4ccc5c(c4)N(C)C(=O)C5)c4ccsc4c3C=C(F)/C=C/F)nn2CC1C. The van der Waals surface area contributed by atoms with E-state index in [9.17, 15) is 18.4 Å². The Bertz CT molecular complexity index is 1770. The van der Waals surface area contributed by atoms with Gasteiger partial charge in [-0.3, -0.25) is 14.3 Å². The third-order valence-electron chi connectivity index (χ3n) is 7.45. The number of rotatable bonds is 5. The zero-order valence-corrected chi connectivity index (χ0v) is 22.7. The van der Waals surface area contributed by atoms with Gasteiger partial charge in [0.05, 0.1) is 37.2 Å². The van der Waals surface area contributed by atoms with Gasteiger partial charge < -0.3 is 9.80 Å². The Labute approximate surface area is 233 Å². The monoisotopic (exact) mass is 557 g/mol. The maximum atomic E-state index is 14.7. The fourth-order valence-corrected chi connectivity index (χ4v) is 6.29. The van der Waals surface area contributed by atoms with Crippen LogP contribution in [0.15, 0.2) is 66.6 Å². The highest BCUT2D eigenvalue weighted by atomic mass is 32.1. The topological polar surface area (TPSA) is 71.3 Å². The Kier molecular flexibility index (Phi) is 6.42. The van der Waals surface area contributed by atoms with Crippen LogP contribution in [0.4, 0.5) is 14.5 Å². The van der Waals surface area contributed by atoms with Crippen LogP contribution in [0.1, 0.15) is 23.7 Å². The third-order valence-corrected chi connectivity index (χ3v) is 8.40. The summed E-state index contributed by atoms with van der Waals surface area (Å²) >= 11 is 1.43. The number of benzene rings is 1. The smallest absolute Gasteiger partial charge is 0.246 e. The molecule has 1 aromatic carbocycles. The molecule has 2 amide bonds. The molecule has 5 heterocycles. The number of allylic oxidation sites excluding steroid dienone is 2. The van der Waals surface area contributed by atoms with Crippen molar-refractivity contribution in [2.45, 2.75) is 32.5 Å². The van der Waals surface area contributed by atoms with Gasteiger partial charge in [0.1, 0.15) is 17.2 Å². The zero-order valence-electron chi connectivity index (χ0n) is 21.9. The molecule has 0 spiro atoms. The van der Waals surface area contributed by atoms with Crippen LogP contribution in [-0.2, 0) is 29.1 Å². The van der Waals surface area contributed by atoms with E-state index in [1.807, 2.05) is 47.3 Å². The number of thiophene rings is 1. The van der Waals surface area contributed by atoms with E-state index in [4.69, 9.17) is 10.1 Å². The van der Waals surface area contributed by atoms with Crippen molar-refractivity contribution in [2.75, 3.05) is 11.9 Å². The van der Waals surface area contributed by atoms with Crippen LogP contribution in [0.3, 0.4) is 0 Å². The molecule has 3 aromatic heterocycles. The van der Waals surface area contributed by atoms with Gasteiger partial charge in [-0.05, 0) is 48.2 Å². The Morgan fingerprint density at radius 3 is 2.83 bits per heavy atom. The average molecular weight is 558 g/mol. The van der Waals surface area contributed by atoms with Gasteiger partial charge >= 0.3 is 0 Å². The Hall–Kier alpha value is -4.44. The largest absolute Gasteiger partial charge is 0.329 e. The molecule has 1 unspecified atom stereocenters. The highest BCUT2D eigenvalue weighted by Crippen LogP contribution is 2.41. The maximum absolute atomic E-state index is 14.7. The van der Waals surface area contributed by atoms with E-state index in [0.717, 1.165) is 38.7 Å². The van der Waals surface area contributed by atoms with Crippen molar-refractivity contribution in [1.29, 1.82) is 0 Å². The summed E-state index contributed by atoms with van der Waals surface area (Å²) in [5.74, 6) is -0.892. The van der Waals surface area contributed by atoms with Crippen LogP contribution < -0.4 is 4.90 Å². The van der Waals surface area contributed by atoms with Crippen molar-refractivity contribution < 1.29 is 18.4 Å². The van der Waals surface area contributed by atoms with Gasteiger partial charge in [0.25, 0.3) is 0 Å². The standard InChI is InChI=1S/C30H25F2N5O2S/c1-4-26(38)36-16-21-14-24(34-37(21)15-17(36)2)29-23(13-20(32)7-9-31)30-22(8-10-40-30)28(33-29)19-6-5-18-12-27(39)35(3)25(18)11-19/h4-11,13-14,17H,1,12,15-16H2,2-3H3/b9-7+,20-13?. The first-order valence-corrected chi connectivity index (χ1v) is 13.6. The lowest BCUT2D eigenvalue weighted by Gasteiger charge is -2.33. The van der Waals surface area contributed by atoms with E-state index in [-0.39, 0.29) is 24.2 Å². The molecule has 1 atom stereocenters. The second-order valence-corrected chi connectivity index (χ2v) is 10.8. The molecule has 2 aliphatic rings. The third kappa shape index (κ3) is 4.24. The van der Waals surface area contributed by atoms with E-state index in [1.54, 1.807) is 16.8 Å². The van der Waals surface area contributed by atoms with Crippen LogP contribution in [0.5, 0.6) is 0 Å². The van der Waals surface area contributed by atoms with Gasteiger partial charge in [0.2, 0.25) is 11.8 Å². The van der Waals surface area contributed by atoms with E-state index >= 15 is 0 Å². The molecule has 202 valence electrons. The van der Waals surface area contributed by atoms with E-state index < -0.39 is 5.83 Å². The number of fused-ring (bicyclic) bond motifs is 3. The predicted octanol–water partition coefficient (Wildman–Crippen LogP) is 6.06. The molecule has 0 radical (unpaired) electrons. The minimum absolute atomic E-state index is 0.0279. The molecule has 0 saturated carbocycles. The number of halogens is 2. The maximum Gasteiger partial charge on any atom is 0.246 e. The molecule has 10 heteroatoms. The Morgan fingerprint density at radius 2 is 2.05 bits per heavy atom. The first-order valence-electron chi connectivity index (χ1n) is 12.7. The summed E-state index contributed by atoms with van der Waals surface area (Å²) in [6.07, 6.45) is 3.83. The molecule has 0 aliphatic carbocycles. The fourth-order valence-electron chi connectivity index (χ4n) is 5.38. The quantitative estimate of drug-likeness (QED) is 0.221. The number of carbonyl (C=O) groups is 2. The molecular formula is C30H25F2N5O2S. The van der Waals surface area contributed by atoms with E-state index in [0.29, 0.717) is 42.2 Å². The second-order valence-electron chi connectivity index (χ2n) is 9.90. The summed E-state index contributed by atoms with van der Waals surface area (Å²) in [6.45, 7) is 6.39. The normalized spacial score (nSPS) is 17.1. The van der Waals surface area contributed by atoms with Gasteiger partial charge in [-0.15, -0.1) is 11.3 Å². The van der Waals surface area contributed by atoms with Crippen LogP contribution >= 0.6 is 11.3 Å². The number of carbonyl (C=O) groups excluding carboxylic acids is 2. The number of pyridine rings is 1. The van der Waals surface area contributed by atoms with Gasteiger partial charge in [0, 0.05) is 46.1 Å². The Morgan fingerprint density at radius 1 is 1.23 bits per heavy atom. The molecule has 0 bridgehead atoms. The van der Waals surface area contributed by atoms with Crippen molar-refractivity contribution in [3.63, 3.8) is 0 Å². The van der Waals surface area contributed by atoms with Crippen LogP contribution in [0, 0.1) is 0 Å². The zero-order chi connectivity index (χ0) is 28.1. The minimum atomic E-state index is -0.758. The minimum Gasteiger partial charge on any atom is -0.329 e. The summed E-state index contributed by atoms with van der Waals surface area (Å²) < 4.78 is 30.2. The first kappa shape index (κ1) is 25.8. The summed E-state index contributed by atoms with van der Waals surface area (Å²) in [6, 6.07) is 9.52. The van der Waals surface area contributed by atoms with Gasteiger partial charge in [-0.1, -0.05) is 18.7 Å². The highest BCUT2D eigenvalue weighted by Gasteiger charge is 2.29. The van der Waals surface area contributed by atoms with Crippen molar-refractivity contribution >= 4 is 45.0 Å². The highest BCUT2D eigenvalue weighted by molar-refractivity contribution is 7.17. The average Bonchev–Trinajstić information content (AvgIpc) is 3.65. The van der Waals surface area contributed by atoms with Crippen molar-refractivity contribution in [3.8, 4) is 22.6 Å².